The van der Waals surface area contributed by atoms with Gasteiger partial charge in [0.15, 0.2) is 0 Å². The number of hydrogen-bond acceptors (Lipinski definition) is 2. The summed E-state index contributed by atoms with van der Waals surface area (Å²) in [5, 5.41) is 0. The molecule has 1 fully saturated rings. The number of rotatable bonds is 2. The van der Waals surface area contributed by atoms with E-state index in [0.29, 0.717) is 19.7 Å². The number of halogens is 1. The normalized spacial score (nSPS) is 19.9. The van der Waals surface area contributed by atoms with Gasteiger partial charge in [0.1, 0.15) is 0 Å². The molecule has 98 valence electrons. The Morgan fingerprint density at radius 2 is 2.33 bits per heavy atom. The Kier molecular flexibility index (Phi) is 4.40. The van der Waals surface area contributed by atoms with E-state index >= 15 is 0 Å². The van der Waals surface area contributed by atoms with Gasteiger partial charge >= 0.3 is 0 Å². The average molecular weight is 312 g/mol. The fourth-order valence-electron chi connectivity index (χ4n) is 2.16. The largest absolute Gasteiger partial charge is 0.375 e. The van der Waals surface area contributed by atoms with Gasteiger partial charge in [0.05, 0.1) is 12.7 Å². The third-order valence-corrected chi connectivity index (χ3v) is 4.24. The lowest BCUT2D eigenvalue weighted by atomic mass is 10.1. The summed E-state index contributed by atoms with van der Waals surface area (Å²) >= 11 is 3.47. The van der Waals surface area contributed by atoms with Crippen molar-refractivity contribution in [2.75, 3.05) is 19.7 Å². The maximum absolute atomic E-state index is 12.5. The fraction of sp³-hybridized carbons (Fsp3) is 0.500. The number of morpholine rings is 1. The highest BCUT2D eigenvalue weighted by atomic mass is 79.9. The molecule has 0 N–H and O–H groups in total. The van der Waals surface area contributed by atoms with Gasteiger partial charge in [-0.15, -0.1) is 0 Å². The first kappa shape index (κ1) is 13.6. The number of carbonyl (C=O) groups excluding carboxylic acids is 1. The van der Waals surface area contributed by atoms with Crippen molar-refractivity contribution in [2.24, 2.45) is 0 Å². The van der Waals surface area contributed by atoms with E-state index < -0.39 is 0 Å². The first-order valence-electron chi connectivity index (χ1n) is 6.29. The molecule has 0 saturated carbocycles. The molecule has 0 bridgehead atoms. The summed E-state index contributed by atoms with van der Waals surface area (Å²) in [5.74, 6) is 0.107. The van der Waals surface area contributed by atoms with Crippen LogP contribution in [-0.2, 0) is 4.74 Å². The van der Waals surface area contributed by atoms with Crippen LogP contribution in [0.15, 0.2) is 22.7 Å². The van der Waals surface area contributed by atoms with E-state index in [1.165, 1.54) is 0 Å². The van der Waals surface area contributed by atoms with Crippen LogP contribution in [0.5, 0.6) is 0 Å². The quantitative estimate of drug-likeness (QED) is 0.840. The van der Waals surface area contributed by atoms with Crippen molar-refractivity contribution in [1.82, 2.24) is 4.90 Å². The van der Waals surface area contributed by atoms with Crippen LogP contribution in [0.1, 0.15) is 29.3 Å². The van der Waals surface area contributed by atoms with E-state index in [1.54, 1.807) is 0 Å². The number of amides is 1. The lowest BCUT2D eigenvalue weighted by molar-refractivity contribution is -0.0226. The molecule has 1 aliphatic rings. The van der Waals surface area contributed by atoms with Crippen LogP contribution in [0.4, 0.5) is 0 Å². The van der Waals surface area contributed by atoms with E-state index in [4.69, 9.17) is 4.74 Å². The zero-order valence-electron chi connectivity index (χ0n) is 10.8. The predicted molar refractivity (Wildman–Crippen MR) is 74.8 cm³/mol. The molecule has 1 unspecified atom stereocenters. The van der Waals surface area contributed by atoms with Gasteiger partial charge in [-0.05, 0) is 31.0 Å². The van der Waals surface area contributed by atoms with Crippen molar-refractivity contribution in [1.29, 1.82) is 0 Å². The minimum Gasteiger partial charge on any atom is -0.375 e. The summed E-state index contributed by atoms with van der Waals surface area (Å²) < 4.78 is 6.57. The Labute approximate surface area is 116 Å². The second-order valence-corrected chi connectivity index (χ2v) is 5.42. The predicted octanol–water partition coefficient (Wildman–Crippen LogP) is 3.01. The van der Waals surface area contributed by atoms with Crippen molar-refractivity contribution in [2.45, 2.75) is 26.4 Å². The molecule has 3 nitrogen and oxygen atoms in total. The number of hydrogen-bond donors (Lipinski definition) is 0. The summed E-state index contributed by atoms with van der Waals surface area (Å²) in [4.78, 5) is 14.4. The van der Waals surface area contributed by atoms with E-state index in [2.05, 4.69) is 22.9 Å². The summed E-state index contributed by atoms with van der Waals surface area (Å²) in [6.07, 6.45) is 1.12. The lowest BCUT2D eigenvalue weighted by Crippen LogP contribution is -2.45. The minimum absolute atomic E-state index is 0.107. The fourth-order valence-corrected chi connectivity index (χ4v) is 2.53. The monoisotopic (exact) mass is 311 g/mol. The van der Waals surface area contributed by atoms with Crippen LogP contribution >= 0.6 is 15.9 Å². The maximum atomic E-state index is 12.5. The molecule has 2 rings (SSSR count). The molecule has 1 heterocycles. The molecule has 18 heavy (non-hydrogen) atoms. The van der Waals surface area contributed by atoms with Crippen molar-refractivity contribution < 1.29 is 9.53 Å². The zero-order valence-corrected chi connectivity index (χ0v) is 12.4. The SMILES string of the molecule is CCC1CN(C(=O)c2cccc(Br)c2C)CCO1. The number of benzene rings is 1. The van der Waals surface area contributed by atoms with E-state index in [-0.39, 0.29) is 12.0 Å². The molecule has 1 saturated heterocycles. The standard InChI is InChI=1S/C14H18BrNO2/c1-3-11-9-16(7-8-18-11)14(17)12-5-4-6-13(15)10(12)2/h4-6,11H,3,7-9H2,1-2H3. The Morgan fingerprint density at radius 1 is 1.56 bits per heavy atom. The molecule has 1 atom stereocenters. The topological polar surface area (TPSA) is 29.5 Å². The summed E-state index contributed by atoms with van der Waals surface area (Å²) in [6, 6.07) is 5.75. The van der Waals surface area contributed by atoms with Crippen LogP contribution in [0.3, 0.4) is 0 Å². The molecule has 1 amide bonds. The van der Waals surface area contributed by atoms with Gasteiger partial charge in [-0.2, -0.15) is 0 Å². The smallest absolute Gasteiger partial charge is 0.254 e. The zero-order chi connectivity index (χ0) is 13.1. The molecule has 1 aromatic carbocycles. The first-order chi connectivity index (χ1) is 8.63. The number of nitrogens with zero attached hydrogens (tertiary/aromatic N) is 1. The Bertz CT molecular complexity index is 447. The summed E-state index contributed by atoms with van der Waals surface area (Å²) in [7, 11) is 0. The highest BCUT2D eigenvalue weighted by Crippen LogP contribution is 2.21. The van der Waals surface area contributed by atoms with Crippen LogP contribution in [-0.4, -0.2) is 36.6 Å². The molecule has 0 spiro atoms. The second kappa shape index (κ2) is 5.85. The molecular weight excluding hydrogens is 294 g/mol. The van der Waals surface area contributed by atoms with Gasteiger partial charge < -0.3 is 9.64 Å². The van der Waals surface area contributed by atoms with Crippen LogP contribution in [0, 0.1) is 6.92 Å². The first-order valence-corrected chi connectivity index (χ1v) is 7.08. The van der Waals surface area contributed by atoms with Crippen LogP contribution < -0.4 is 0 Å². The third-order valence-electron chi connectivity index (χ3n) is 3.38. The molecule has 0 aromatic heterocycles. The van der Waals surface area contributed by atoms with Gasteiger partial charge in [0.25, 0.3) is 5.91 Å². The molecule has 1 aromatic rings. The van der Waals surface area contributed by atoms with Crippen molar-refractivity contribution in [3.63, 3.8) is 0 Å². The Hall–Kier alpha value is -0.870. The number of carbonyl (C=O) groups is 1. The van der Waals surface area contributed by atoms with Gasteiger partial charge in [0.2, 0.25) is 0 Å². The highest BCUT2D eigenvalue weighted by Gasteiger charge is 2.25. The van der Waals surface area contributed by atoms with Gasteiger partial charge in [-0.3, -0.25) is 4.79 Å². The van der Waals surface area contributed by atoms with Crippen molar-refractivity contribution in [3.05, 3.63) is 33.8 Å². The molecule has 1 aliphatic heterocycles. The lowest BCUT2D eigenvalue weighted by Gasteiger charge is -2.33. The van der Waals surface area contributed by atoms with Crippen LogP contribution in [0.25, 0.3) is 0 Å². The minimum atomic E-state index is 0.107. The van der Waals surface area contributed by atoms with E-state index in [1.807, 2.05) is 30.0 Å². The highest BCUT2D eigenvalue weighted by molar-refractivity contribution is 9.10. The molecule has 0 aliphatic carbocycles. The summed E-state index contributed by atoms with van der Waals surface area (Å²) in [6.45, 7) is 6.07. The Balaban J connectivity index is 2.18. The van der Waals surface area contributed by atoms with Gasteiger partial charge in [0, 0.05) is 23.1 Å². The van der Waals surface area contributed by atoms with E-state index in [9.17, 15) is 4.79 Å². The Morgan fingerprint density at radius 3 is 3.06 bits per heavy atom. The van der Waals surface area contributed by atoms with Crippen LogP contribution in [0.2, 0.25) is 0 Å². The maximum Gasteiger partial charge on any atom is 0.254 e. The molecule has 4 heteroatoms. The number of ether oxygens (including phenoxy) is 1. The second-order valence-electron chi connectivity index (χ2n) is 4.56. The average Bonchev–Trinajstić information content (AvgIpc) is 2.41. The van der Waals surface area contributed by atoms with E-state index in [0.717, 1.165) is 22.0 Å². The van der Waals surface area contributed by atoms with Crippen molar-refractivity contribution in [3.8, 4) is 0 Å². The summed E-state index contributed by atoms with van der Waals surface area (Å²) in [5.41, 5.74) is 1.78. The van der Waals surface area contributed by atoms with Crippen molar-refractivity contribution >= 4 is 21.8 Å². The molecular formula is C14H18BrNO2. The third kappa shape index (κ3) is 2.75. The van der Waals surface area contributed by atoms with Gasteiger partial charge in [-0.25, -0.2) is 0 Å². The molecule has 0 radical (unpaired) electrons. The van der Waals surface area contributed by atoms with Gasteiger partial charge in [-0.1, -0.05) is 28.9 Å².